The second-order valence-corrected chi connectivity index (χ2v) is 6.78. The number of hydrogen-bond acceptors (Lipinski definition) is 4. The maximum Gasteiger partial charge on any atom is 0.220 e. The number of halogens is 2. The predicted octanol–water partition coefficient (Wildman–Crippen LogP) is 5.31. The molecule has 0 aliphatic carbocycles. The van der Waals surface area contributed by atoms with Gasteiger partial charge in [0.1, 0.15) is 6.07 Å². The van der Waals surface area contributed by atoms with Gasteiger partial charge < -0.3 is 15.4 Å². The molecule has 27 heavy (non-hydrogen) atoms. The molecule has 4 rings (SSSR count). The Balaban J connectivity index is 2.01. The normalized spacial score (nSPS) is 10.9. The van der Waals surface area contributed by atoms with Crippen LogP contribution in [0.25, 0.3) is 21.7 Å². The molecular weight excluding hydrogens is 385 g/mol. The average molecular weight is 396 g/mol. The van der Waals surface area contributed by atoms with Crippen LogP contribution in [0, 0.1) is 11.3 Å². The van der Waals surface area contributed by atoms with Gasteiger partial charge in [-0.3, -0.25) is 4.79 Å². The summed E-state index contributed by atoms with van der Waals surface area (Å²) >= 11 is 12.2. The van der Waals surface area contributed by atoms with Crippen LogP contribution in [0.2, 0.25) is 10.0 Å². The molecular formula is C20H11Cl2N3O2. The number of aromatic nitrogens is 1. The number of hydrogen-bond donors (Lipinski definition) is 3. The molecule has 3 aromatic carbocycles. The zero-order chi connectivity index (χ0) is 19.1. The van der Waals surface area contributed by atoms with Gasteiger partial charge in [-0.25, -0.2) is 0 Å². The molecule has 0 bridgehead atoms. The van der Waals surface area contributed by atoms with Crippen LogP contribution in [0.5, 0.6) is 5.75 Å². The van der Waals surface area contributed by atoms with E-state index in [9.17, 15) is 15.2 Å². The number of aromatic hydroxyl groups is 1. The number of nitriles is 1. The fourth-order valence-corrected chi connectivity index (χ4v) is 3.50. The Labute approximate surface area is 163 Å². The highest BCUT2D eigenvalue weighted by atomic mass is 35.5. The van der Waals surface area contributed by atoms with Crippen molar-refractivity contribution in [2.75, 3.05) is 5.32 Å². The number of pyridine rings is 1. The van der Waals surface area contributed by atoms with Gasteiger partial charge in [-0.15, -0.1) is 0 Å². The minimum absolute atomic E-state index is 0.303. The Hall–Kier alpha value is -3.20. The topological polar surface area (TPSA) is 88.9 Å². The molecule has 0 fully saturated rings. The average Bonchev–Trinajstić information content (AvgIpc) is 2.66. The molecule has 7 heteroatoms. The van der Waals surface area contributed by atoms with E-state index in [2.05, 4.69) is 16.4 Å². The molecule has 5 nitrogen and oxygen atoms in total. The summed E-state index contributed by atoms with van der Waals surface area (Å²) in [7, 11) is 0. The van der Waals surface area contributed by atoms with E-state index >= 15 is 0 Å². The second kappa shape index (κ2) is 6.51. The number of rotatable bonds is 2. The molecule has 0 saturated carbocycles. The summed E-state index contributed by atoms with van der Waals surface area (Å²) in [5, 5.41) is 25.5. The lowest BCUT2D eigenvalue weighted by atomic mass is 10.0. The molecule has 0 amide bonds. The summed E-state index contributed by atoms with van der Waals surface area (Å²) in [5.74, 6) is -0.303. The third-order valence-corrected chi connectivity index (χ3v) is 4.89. The monoisotopic (exact) mass is 395 g/mol. The van der Waals surface area contributed by atoms with Gasteiger partial charge in [-0.2, -0.15) is 5.26 Å². The van der Waals surface area contributed by atoms with Crippen molar-refractivity contribution in [3.05, 3.63) is 74.5 Å². The molecule has 4 aromatic rings. The second-order valence-electron chi connectivity index (χ2n) is 5.93. The van der Waals surface area contributed by atoms with E-state index in [1.54, 1.807) is 42.6 Å². The zero-order valence-corrected chi connectivity index (χ0v) is 15.2. The maximum absolute atomic E-state index is 11.7. The van der Waals surface area contributed by atoms with Crippen LogP contribution in [0.15, 0.2) is 53.5 Å². The number of nitrogens with zero attached hydrogens (tertiary/aromatic N) is 1. The molecule has 0 aliphatic rings. The highest BCUT2D eigenvalue weighted by molar-refractivity contribution is 6.36. The highest BCUT2D eigenvalue weighted by Gasteiger charge is 2.14. The van der Waals surface area contributed by atoms with Gasteiger partial charge in [-0.05, 0) is 42.5 Å². The van der Waals surface area contributed by atoms with Crippen LogP contribution in [-0.4, -0.2) is 10.1 Å². The number of benzene rings is 3. The van der Waals surface area contributed by atoms with Gasteiger partial charge in [0, 0.05) is 27.4 Å². The lowest BCUT2D eigenvalue weighted by Gasteiger charge is -2.14. The van der Waals surface area contributed by atoms with Crippen molar-refractivity contribution in [2.24, 2.45) is 0 Å². The van der Waals surface area contributed by atoms with Crippen molar-refractivity contribution >= 4 is 56.3 Å². The van der Waals surface area contributed by atoms with Crippen LogP contribution < -0.4 is 10.7 Å². The van der Waals surface area contributed by atoms with Gasteiger partial charge in [-0.1, -0.05) is 23.2 Å². The van der Waals surface area contributed by atoms with Crippen molar-refractivity contribution in [3.63, 3.8) is 0 Å². The van der Waals surface area contributed by atoms with E-state index in [1.165, 1.54) is 6.07 Å². The number of fused-ring (bicyclic) bond motifs is 3. The molecule has 0 spiro atoms. The number of anilines is 2. The first kappa shape index (κ1) is 17.2. The standard InChI is InChI=1S/C20H11Cl2N3O2/c21-11-1-5-16(15(22)7-11)25-18-10(8-23)9-24-19-12-4-6-17(26)20(27)13(12)2-3-14(18)19/h1-7,9,24-25,27H. The maximum atomic E-state index is 11.7. The van der Waals surface area contributed by atoms with Gasteiger partial charge in [0.15, 0.2) is 5.75 Å². The highest BCUT2D eigenvalue weighted by Crippen LogP contribution is 2.36. The van der Waals surface area contributed by atoms with Crippen LogP contribution in [0.1, 0.15) is 5.56 Å². The third-order valence-electron chi connectivity index (χ3n) is 4.35. The van der Waals surface area contributed by atoms with Crippen LogP contribution in [-0.2, 0) is 0 Å². The Bertz CT molecular complexity index is 1320. The third kappa shape index (κ3) is 2.85. The smallest absolute Gasteiger partial charge is 0.220 e. The van der Waals surface area contributed by atoms with Crippen LogP contribution in [0.4, 0.5) is 11.4 Å². The molecule has 0 unspecified atom stereocenters. The van der Waals surface area contributed by atoms with Gasteiger partial charge >= 0.3 is 0 Å². The molecule has 132 valence electrons. The molecule has 3 N–H and O–H groups in total. The summed E-state index contributed by atoms with van der Waals surface area (Å²) in [5.41, 5.74) is 1.78. The number of H-pyrrole nitrogens is 1. The molecule has 0 atom stereocenters. The number of aromatic amines is 1. The number of nitrogens with one attached hydrogen (secondary N) is 2. The summed E-state index contributed by atoms with van der Waals surface area (Å²) in [6.45, 7) is 0. The van der Waals surface area contributed by atoms with E-state index in [-0.39, 0.29) is 5.75 Å². The largest absolute Gasteiger partial charge is 0.504 e. The summed E-state index contributed by atoms with van der Waals surface area (Å²) in [6, 6.07) is 13.5. The van der Waals surface area contributed by atoms with E-state index in [0.717, 1.165) is 0 Å². The van der Waals surface area contributed by atoms with Crippen molar-refractivity contribution in [1.82, 2.24) is 4.98 Å². The van der Waals surface area contributed by atoms with Crippen LogP contribution >= 0.6 is 23.2 Å². The van der Waals surface area contributed by atoms with Gasteiger partial charge in [0.2, 0.25) is 5.43 Å². The van der Waals surface area contributed by atoms with Crippen molar-refractivity contribution in [2.45, 2.75) is 0 Å². The lowest BCUT2D eigenvalue weighted by Crippen LogP contribution is -2.00. The van der Waals surface area contributed by atoms with Gasteiger partial charge in [0.05, 0.1) is 27.5 Å². The van der Waals surface area contributed by atoms with Crippen molar-refractivity contribution < 1.29 is 5.11 Å². The van der Waals surface area contributed by atoms with Crippen LogP contribution in [0.3, 0.4) is 0 Å². The van der Waals surface area contributed by atoms with E-state index < -0.39 is 5.43 Å². The summed E-state index contributed by atoms with van der Waals surface area (Å²) in [6.07, 6.45) is 1.57. The van der Waals surface area contributed by atoms with Crippen molar-refractivity contribution in [3.8, 4) is 11.8 Å². The Kier molecular flexibility index (Phi) is 4.15. The Morgan fingerprint density at radius 2 is 1.78 bits per heavy atom. The SMILES string of the molecule is N#Cc1c[nH]c2c(ccc3c(O)c(=O)ccc32)c1Nc1ccc(Cl)cc1Cl. The van der Waals surface area contributed by atoms with Crippen molar-refractivity contribution in [1.29, 1.82) is 5.26 Å². The first-order valence-corrected chi connectivity index (χ1v) is 8.67. The molecule has 0 aliphatic heterocycles. The molecule has 1 heterocycles. The van der Waals surface area contributed by atoms with Gasteiger partial charge in [0.25, 0.3) is 0 Å². The Morgan fingerprint density at radius 1 is 1.04 bits per heavy atom. The zero-order valence-electron chi connectivity index (χ0n) is 13.7. The first-order chi connectivity index (χ1) is 13.0. The summed E-state index contributed by atoms with van der Waals surface area (Å²) in [4.78, 5) is 14.8. The minimum Gasteiger partial charge on any atom is -0.504 e. The lowest BCUT2D eigenvalue weighted by molar-refractivity contribution is 0.477. The molecule has 0 radical (unpaired) electrons. The quantitative estimate of drug-likeness (QED) is 0.401. The molecule has 0 saturated heterocycles. The number of phenols is 1. The molecule has 1 aromatic heterocycles. The minimum atomic E-state index is -0.443. The van der Waals surface area contributed by atoms with E-state index in [1.807, 2.05) is 0 Å². The fraction of sp³-hybridized carbons (Fsp3) is 0. The van der Waals surface area contributed by atoms with E-state index in [4.69, 9.17) is 23.2 Å². The first-order valence-electron chi connectivity index (χ1n) is 7.92. The fourth-order valence-electron chi connectivity index (χ4n) is 3.04. The predicted molar refractivity (Wildman–Crippen MR) is 108 cm³/mol. The summed E-state index contributed by atoms with van der Waals surface area (Å²) < 4.78 is 0. The Morgan fingerprint density at radius 3 is 2.52 bits per heavy atom. The number of phenolic OH excluding ortho intramolecular Hbond substituents is 1. The van der Waals surface area contributed by atoms with E-state index in [0.29, 0.717) is 48.7 Å².